The number of nitrogen functional groups attached to an aromatic ring is 1. The predicted molar refractivity (Wildman–Crippen MR) is 131 cm³/mol. The lowest BCUT2D eigenvalue weighted by molar-refractivity contribution is -0.133. The number of nitrogens with two attached hydrogens (primary N) is 1. The van der Waals surface area contributed by atoms with Gasteiger partial charge in [-0.2, -0.15) is 0 Å². The Balaban J connectivity index is 1.35. The standard InChI is InChI=1S/C26H35N3O3S/c1-33(31,32)24-9-7-21(8-10-24)23-17-22(26(27)28-18-23)15-20-11-13-29(14-12-20)25(30)16-19-5-3-2-4-6-19/h7-10,17-20H,2-6,11-16H2,1H3,(H2,27,28). The molecule has 4 rings (SSSR count). The molecule has 2 N–H and O–H groups in total. The van der Waals surface area contributed by atoms with E-state index in [0.717, 1.165) is 55.5 Å². The van der Waals surface area contributed by atoms with Gasteiger partial charge in [0.15, 0.2) is 9.84 Å². The molecule has 1 aliphatic heterocycles. The number of amides is 1. The molecule has 1 aromatic heterocycles. The summed E-state index contributed by atoms with van der Waals surface area (Å²) in [7, 11) is -3.22. The highest BCUT2D eigenvalue weighted by molar-refractivity contribution is 7.90. The minimum atomic E-state index is -3.22. The summed E-state index contributed by atoms with van der Waals surface area (Å²) in [5.41, 5.74) is 9.06. The molecule has 0 atom stereocenters. The highest BCUT2D eigenvalue weighted by atomic mass is 32.2. The Kier molecular flexibility index (Phi) is 7.37. The Morgan fingerprint density at radius 2 is 1.67 bits per heavy atom. The van der Waals surface area contributed by atoms with E-state index in [1.54, 1.807) is 18.3 Å². The number of nitrogens with zero attached hydrogens (tertiary/aromatic N) is 2. The fourth-order valence-corrected chi connectivity index (χ4v) is 5.83. The molecule has 2 aliphatic rings. The molecule has 2 fully saturated rings. The van der Waals surface area contributed by atoms with Crippen LogP contribution in [0.25, 0.3) is 11.1 Å². The number of hydrogen-bond donors (Lipinski definition) is 1. The van der Waals surface area contributed by atoms with Gasteiger partial charge >= 0.3 is 0 Å². The first-order chi connectivity index (χ1) is 15.8. The molecule has 178 valence electrons. The molecule has 6 nitrogen and oxygen atoms in total. The first kappa shape index (κ1) is 23.7. The van der Waals surface area contributed by atoms with Crippen molar-refractivity contribution in [2.75, 3.05) is 25.1 Å². The number of hydrogen-bond acceptors (Lipinski definition) is 5. The first-order valence-electron chi connectivity index (χ1n) is 12.1. The van der Waals surface area contributed by atoms with E-state index < -0.39 is 9.84 Å². The number of carbonyl (C=O) groups is 1. The molecule has 0 bridgehead atoms. The van der Waals surface area contributed by atoms with E-state index in [1.807, 2.05) is 12.1 Å². The van der Waals surface area contributed by atoms with Gasteiger partial charge in [0.05, 0.1) is 4.90 Å². The van der Waals surface area contributed by atoms with Crippen LogP contribution in [-0.4, -0.2) is 43.6 Å². The Hall–Kier alpha value is -2.41. The summed E-state index contributed by atoms with van der Waals surface area (Å²) >= 11 is 0. The zero-order chi connectivity index (χ0) is 23.4. The fourth-order valence-electron chi connectivity index (χ4n) is 5.20. The highest BCUT2D eigenvalue weighted by Crippen LogP contribution is 2.30. The number of aromatic nitrogens is 1. The Bertz CT molecular complexity index is 1070. The summed E-state index contributed by atoms with van der Waals surface area (Å²) in [5, 5.41) is 0. The van der Waals surface area contributed by atoms with Gasteiger partial charge in [0, 0.05) is 37.5 Å². The second kappa shape index (κ2) is 10.2. The molecule has 2 heterocycles. The zero-order valence-corrected chi connectivity index (χ0v) is 20.3. The average molecular weight is 470 g/mol. The van der Waals surface area contributed by atoms with Crippen LogP contribution in [0.4, 0.5) is 5.82 Å². The van der Waals surface area contributed by atoms with Crippen molar-refractivity contribution in [2.45, 2.75) is 62.7 Å². The first-order valence-corrected chi connectivity index (χ1v) is 14.0. The van der Waals surface area contributed by atoms with Gasteiger partial charge in [-0.15, -0.1) is 0 Å². The van der Waals surface area contributed by atoms with Crippen LogP contribution >= 0.6 is 0 Å². The number of benzene rings is 1. The summed E-state index contributed by atoms with van der Waals surface area (Å²) in [6.07, 6.45) is 12.8. The SMILES string of the molecule is CS(=O)(=O)c1ccc(-c2cnc(N)c(CC3CCN(C(=O)CC4CCCCC4)CC3)c2)cc1. The molecule has 1 aliphatic carbocycles. The Morgan fingerprint density at radius 3 is 2.30 bits per heavy atom. The van der Waals surface area contributed by atoms with Crippen molar-refractivity contribution in [3.05, 3.63) is 42.1 Å². The minimum absolute atomic E-state index is 0.305. The third-order valence-corrected chi connectivity index (χ3v) is 8.41. The average Bonchev–Trinajstić information content (AvgIpc) is 2.81. The van der Waals surface area contributed by atoms with Gasteiger partial charge in [0.25, 0.3) is 0 Å². The van der Waals surface area contributed by atoms with Crippen molar-refractivity contribution >= 4 is 21.6 Å². The number of sulfone groups is 1. The molecule has 0 spiro atoms. The van der Waals surface area contributed by atoms with E-state index >= 15 is 0 Å². The topological polar surface area (TPSA) is 93.4 Å². The molecule has 7 heteroatoms. The molecular formula is C26H35N3O3S. The van der Waals surface area contributed by atoms with Crippen molar-refractivity contribution in [1.29, 1.82) is 0 Å². The molecule has 33 heavy (non-hydrogen) atoms. The molecule has 0 unspecified atom stereocenters. The molecule has 1 amide bonds. The smallest absolute Gasteiger partial charge is 0.222 e. The van der Waals surface area contributed by atoms with Gasteiger partial charge in [-0.05, 0) is 73.3 Å². The summed E-state index contributed by atoms with van der Waals surface area (Å²) < 4.78 is 23.4. The molecule has 1 saturated heterocycles. The van der Waals surface area contributed by atoms with Crippen molar-refractivity contribution in [3.63, 3.8) is 0 Å². The maximum absolute atomic E-state index is 12.7. The lowest BCUT2D eigenvalue weighted by Gasteiger charge is -2.33. The van der Waals surface area contributed by atoms with Gasteiger partial charge in [-0.25, -0.2) is 13.4 Å². The van der Waals surface area contributed by atoms with Gasteiger partial charge < -0.3 is 10.6 Å². The third-order valence-electron chi connectivity index (χ3n) is 7.28. The maximum Gasteiger partial charge on any atom is 0.222 e. The van der Waals surface area contributed by atoms with E-state index in [1.165, 1.54) is 38.4 Å². The van der Waals surface area contributed by atoms with Crippen LogP contribution in [0.3, 0.4) is 0 Å². The van der Waals surface area contributed by atoms with Crippen LogP contribution in [0.2, 0.25) is 0 Å². The van der Waals surface area contributed by atoms with Crippen LogP contribution in [0.1, 0.15) is 56.9 Å². The van der Waals surface area contributed by atoms with E-state index in [2.05, 4.69) is 16.0 Å². The Labute approximate surface area is 197 Å². The summed E-state index contributed by atoms with van der Waals surface area (Å²) in [6.45, 7) is 1.66. The monoisotopic (exact) mass is 469 g/mol. The van der Waals surface area contributed by atoms with Crippen molar-refractivity contribution in [2.24, 2.45) is 11.8 Å². The second-order valence-electron chi connectivity index (χ2n) is 9.80. The van der Waals surface area contributed by atoms with Gasteiger partial charge in [-0.3, -0.25) is 4.79 Å². The van der Waals surface area contributed by atoms with Crippen molar-refractivity contribution in [1.82, 2.24) is 9.88 Å². The number of likely N-dealkylation sites (tertiary alicyclic amines) is 1. The third kappa shape index (κ3) is 6.14. The van der Waals surface area contributed by atoms with Crippen LogP contribution in [0.5, 0.6) is 0 Å². The summed E-state index contributed by atoms with van der Waals surface area (Å²) in [4.78, 5) is 19.5. The quantitative estimate of drug-likeness (QED) is 0.673. The van der Waals surface area contributed by atoms with Crippen LogP contribution < -0.4 is 5.73 Å². The van der Waals surface area contributed by atoms with Crippen LogP contribution in [0, 0.1) is 11.8 Å². The van der Waals surface area contributed by atoms with Crippen LogP contribution in [-0.2, 0) is 21.1 Å². The predicted octanol–water partition coefficient (Wildman–Crippen LogP) is 4.49. The summed E-state index contributed by atoms with van der Waals surface area (Å²) in [5.74, 6) is 1.95. The lowest BCUT2D eigenvalue weighted by Crippen LogP contribution is -2.39. The van der Waals surface area contributed by atoms with E-state index in [4.69, 9.17) is 5.73 Å². The molecule has 1 aromatic carbocycles. The second-order valence-corrected chi connectivity index (χ2v) is 11.8. The molecule has 0 radical (unpaired) electrons. The molecule has 2 aromatic rings. The largest absolute Gasteiger partial charge is 0.383 e. The van der Waals surface area contributed by atoms with Gasteiger partial charge in [0.2, 0.25) is 5.91 Å². The van der Waals surface area contributed by atoms with Gasteiger partial charge in [0.1, 0.15) is 5.82 Å². The van der Waals surface area contributed by atoms with E-state index in [9.17, 15) is 13.2 Å². The number of rotatable bonds is 6. The number of piperidine rings is 1. The van der Waals surface area contributed by atoms with E-state index in [0.29, 0.717) is 28.5 Å². The zero-order valence-electron chi connectivity index (χ0n) is 19.5. The van der Waals surface area contributed by atoms with Crippen molar-refractivity contribution < 1.29 is 13.2 Å². The molecular weight excluding hydrogens is 434 g/mol. The number of carbonyl (C=O) groups excluding carboxylic acids is 1. The lowest BCUT2D eigenvalue weighted by atomic mass is 9.86. The minimum Gasteiger partial charge on any atom is -0.383 e. The highest BCUT2D eigenvalue weighted by Gasteiger charge is 2.26. The Morgan fingerprint density at radius 1 is 1.00 bits per heavy atom. The fraction of sp³-hybridized carbons (Fsp3) is 0.538. The maximum atomic E-state index is 12.7. The van der Waals surface area contributed by atoms with Crippen LogP contribution in [0.15, 0.2) is 41.4 Å². The van der Waals surface area contributed by atoms with Crippen molar-refractivity contribution in [3.8, 4) is 11.1 Å². The molecule has 1 saturated carbocycles. The van der Waals surface area contributed by atoms with Gasteiger partial charge in [-0.1, -0.05) is 31.4 Å². The van der Waals surface area contributed by atoms with E-state index in [-0.39, 0.29) is 0 Å². The summed E-state index contributed by atoms with van der Waals surface area (Å²) in [6, 6.07) is 8.94. The number of pyridine rings is 1. The number of anilines is 1. The normalized spacial score (nSPS) is 18.4.